The number of aromatic nitrogens is 2. The summed E-state index contributed by atoms with van der Waals surface area (Å²) in [4.78, 5) is 25.2. The van der Waals surface area contributed by atoms with Crippen molar-refractivity contribution in [1.29, 1.82) is 0 Å². The minimum absolute atomic E-state index is 0.0168. The number of amides is 1. The van der Waals surface area contributed by atoms with Gasteiger partial charge in [0.15, 0.2) is 0 Å². The van der Waals surface area contributed by atoms with Gasteiger partial charge in [0.2, 0.25) is 5.91 Å². The zero-order valence-corrected chi connectivity index (χ0v) is 26.5. The van der Waals surface area contributed by atoms with Crippen LogP contribution in [0.4, 0.5) is 0 Å². The van der Waals surface area contributed by atoms with Crippen molar-refractivity contribution < 1.29 is 9.90 Å². The minimum Gasteiger partial charge on any atom is -0.392 e. The molecule has 6 heteroatoms. The second-order valence-corrected chi connectivity index (χ2v) is 12.1. The van der Waals surface area contributed by atoms with E-state index in [1.807, 2.05) is 67.8 Å². The predicted octanol–water partition coefficient (Wildman–Crippen LogP) is 7.53. The summed E-state index contributed by atoms with van der Waals surface area (Å²) in [5.74, 6) is -0.171. The van der Waals surface area contributed by atoms with Crippen molar-refractivity contribution >= 4 is 5.91 Å². The average Bonchev–Trinajstić information content (AvgIpc) is 3.12. The summed E-state index contributed by atoms with van der Waals surface area (Å²) >= 11 is 0. The Morgan fingerprint density at radius 2 is 1.67 bits per heavy atom. The van der Waals surface area contributed by atoms with Crippen molar-refractivity contribution in [2.45, 2.75) is 70.8 Å². The molecule has 2 atom stereocenters. The molecule has 2 heterocycles. The number of rotatable bonds is 12. The Balaban J connectivity index is 1.24. The van der Waals surface area contributed by atoms with Crippen LogP contribution in [-0.4, -0.2) is 25.9 Å². The van der Waals surface area contributed by atoms with Crippen LogP contribution in [0.5, 0.6) is 0 Å². The van der Waals surface area contributed by atoms with Crippen LogP contribution in [0.1, 0.15) is 77.4 Å². The average molecular weight is 611 g/mol. The van der Waals surface area contributed by atoms with E-state index in [0.717, 1.165) is 64.9 Å². The van der Waals surface area contributed by atoms with Gasteiger partial charge < -0.3 is 10.4 Å². The second-order valence-electron chi connectivity index (χ2n) is 12.1. The molecule has 1 amide bonds. The fourth-order valence-electron chi connectivity index (χ4n) is 6.68. The Bertz CT molecular complexity index is 1740. The van der Waals surface area contributed by atoms with Crippen LogP contribution < -0.4 is 5.32 Å². The maximum absolute atomic E-state index is 13.1. The van der Waals surface area contributed by atoms with E-state index in [2.05, 4.69) is 64.8 Å². The Kier molecular flexibility index (Phi) is 10.3. The van der Waals surface area contributed by atoms with Gasteiger partial charge in [-0.25, -0.2) is 0 Å². The first-order chi connectivity index (χ1) is 22.6. The third-order valence-electron chi connectivity index (χ3n) is 9.10. The number of nitrogens with zero attached hydrogens (tertiary/aromatic N) is 3. The first-order valence-corrected chi connectivity index (χ1v) is 16.3. The van der Waals surface area contributed by atoms with Gasteiger partial charge in [-0.1, -0.05) is 91.9 Å². The van der Waals surface area contributed by atoms with Crippen LogP contribution in [0.2, 0.25) is 0 Å². The van der Waals surface area contributed by atoms with Crippen molar-refractivity contribution in [3.05, 3.63) is 155 Å². The van der Waals surface area contributed by atoms with E-state index in [0.29, 0.717) is 19.6 Å². The lowest BCUT2D eigenvalue weighted by molar-refractivity contribution is -0.122. The normalized spacial score (nSPS) is 14.9. The zero-order chi connectivity index (χ0) is 31.7. The number of aryl methyl sites for hydroxylation is 1. The summed E-state index contributed by atoms with van der Waals surface area (Å²) in [6, 6.07) is 35.1. The Morgan fingerprint density at radius 3 is 2.46 bits per heavy atom. The smallest absolute Gasteiger partial charge is 0.227 e. The molecule has 0 bridgehead atoms. The van der Waals surface area contributed by atoms with Crippen LogP contribution >= 0.6 is 0 Å². The van der Waals surface area contributed by atoms with Crippen LogP contribution in [0.25, 0.3) is 11.1 Å². The van der Waals surface area contributed by atoms with E-state index in [4.69, 9.17) is 9.97 Å². The van der Waals surface area contributed by atoms with E-state index in [-0.39, 0.29) is 24.5 Å². The number of fused-ring (bicyclic) bond motifs is 1. The molecular weight excluding hydrogens is 568 g/mol. The van der Waals surface area contributed by atoms with Gasteiger partial charge in [0.1, 0.15) is 0 Å². The molecule has 0 aliphatic heterocycles. The highest BCUT2D eigenvalue weighted by Gasteiger charge is 2.28. The Hall–Kier alpha value is -4.65. The molecule has 3 aromatic carbocycles. The fraction of sp³-hybridized carbons (Fsp3) is 0.275. The molecule has 1 aliphatic carbocycles. The molecule has 0 spiro atoms. The number of pyridine rings is 2. The Morgan fingerprint density at radius 1 is 0.870 bits per heavy atom. The number of nitrogens with one attached hydrogen (secondary N) is 1. The molecule has 0 fully saturated rings. The highest BCUT2D eigenvalue weighted by molar-refractivity contribution is 5.83. The van der Waals surface area contributed by atoms with Crippen LogP contribution in [0, 0.1) is 0 Å². The SMILES string of the molecule is CCC(C(=O)NCc1ccc(CN(Cc2cc(-c3ccccc3)ccn2)C2CCCc3cccnc32)c(CO)c1)c1ccccc1. The van der Waals surface area contributed by atoms with E-state index in [1.165, 1.54) is 11.1 Å². The van der Waals surface area contributed by atoms with Crippen LogP contribution in [-0.2, 0) is 37.5 Å². The number of aliphatic hydroxyl groups is 1. The summed E-state index contributed by atoms with van der Waals surface area (Å²) in [5.41, 5.74) is 9.69. The summed E-state index contributed by atoms with van der Waals surface area (Å²) in [7, 11) is 0. The monoisotopic (exact) mass is 610 g/mol. The standard InChI is InChI=1S/C40H42N4O2/c1-2-37(31-13-7-4-8-14-31)40(46)43-25-29-18-19-34(35(23-29)28-45)26-44(38-17-9-15-32-16-10-21-42-39(32)38)27-36-24-33(20-22-41-36)30-11-5-3-6-12-30/h3-8,10-14,16,18-24,37-38,45H,2,9,15,17,25-28H2,1H3,(H,43,46). The van der Waals surface area contributed by atoms with Crippen molar-refractivity contribution in [2.24, 2.45) is 0 Å². The summed E-state index contributed by atoms with van der Waals surface area (Å²) in [5, 5.41) is 13.6. The van der Waals surface area contributed by atoms with Crippen molar-refractivity contribution in [3.8, 4) is 11.1 Å². The van der Waals surface area contributed by atoms with E-state index in [9.17, 15) is 9.90 Å². The van der Waals surface area contributed by atoms with Crippen LogP contribution in [0.3, 0.4) is 0 Å². The molecule has 2 N–H and O–H groups in total. The lowest BCUT2D eigenvalue weighted by atomic mass is 9.90. The largest absolute Gasteiger partial charge is 0.392 e. The number of aliphatic hydroxyl groups excluding tert-OH is 1. The van der Waals surface area contributed by atoms with Crippen molar-refractivity contribution in [2.75, 3.05) is 0 Å². The zero-order valence-electron chi connectivity index (χ0n) is 26.5. The topological polar surface area (TPSA) is 78.4 Å². The molecule has 6 rings (SSSR count). The predicted molar refractivity (Wildman–Crippen MR) is 183 cm³/mol. The van der Waals surface area contributed by atoms with Gasteiger partial charge in [-0.15, -0.1) is 0 Å². The molecule has 2 aromatic heterocycles. The van der Waals surface area contributed by atoms with E-state index < -0.39 is 0 Å². The molecule has 234 valence electrons. The molecule has 0 radical (unpaired) electrons. The number of carbonyl (C=O) groups excluding carboxylic acids is 1. The number of carbonyl (C=O) groups is 1. The molecule has 1 aliphatic rings. The molecule has 46 heavy (non-hydrogen) atoms. The summed E-state index contributed by atoms with van der Waals surface area (Å²) in [6.45, 7) is 3.67. The minimum atomic E-state index is -0.188. The first kappa shape index (κ1) is 31.3. The fourth-order valence-corrected chi connectivity index (χ4v) is 6.68. The highest BCUT2D eigenvalue weighted by Crippen LogP contribution is 2.35. The van der Waals surface area contributed by atoms with Gasteiger partial charge in [-0.3, -0.25) is 19.7 Å². The van der Waals surface area contributed by atoms with Gasteiger partial charge in [-0.2, -0.15) is 0 Å². The quantitative estimate of drug-likeness (QED) is 0.153. The third-order valence-corrected chi connectivity index (χ3v) is 9.10. The van der Waals surface area contributed by atoms with Gasteiger partial charge in [-0.05, 0) is 82.8 Å². The lowest BCUT2D eigenvalue weighted by Crippen LogP contribution is -2.32. The Labute approximate surface area is 272 Å². The third kappa shape index (κ3) is 7.41. The lowest BCUT2D eigenvalue weighted by Gasteiger charge is -2.35. The molecular formula is C40H42N4O2. The molecule has 2 unspecified atom stereocenters. The molecule has 5 aromatic rings. The second kappa shape index (κ2) is 15.1. The van der Waals surface area contributed by atoms with Gasteiger partial charge in [0, 0.05) is 32.0 Å². The van der Waals surface area contributed by atoms with E-state index in [1.54, 1.807) is 0 Å². The molecule has 6 nitrogen and oxygen atoms in total. The number of benzene rings is 3. The number of hydrogen-bond donors (Lipinski definition) is 2. The first-order valence-electron chi connectivity index (χ1n) is 16.3. The molecule has 0 saturated heterocycles. The van der Waals surface area contributed by atoms with E-state index >= 15 is 0 Å². The maximum atomic E-state index is 13.1. The van der Waals surface area contributed by atoms with Crippen LogP contribution in [0.15, 0.2) is 116 Å². The van der Waals surface area contributed by atoms with Crippen molar-refractivity contribution in [1.82, 2.24) is 20.2 Å². The van der Waals surface area contributed by atoms with Crippen molar-refractivity contribution in [3.63, 3.8) is 0 Å². The molecule has 0 saturated carbocycles. The van der Waals surface area contributed by atoms with Gasteiger partial charge >= 0.3 is 0 Å². The summed E-state index contributed by atoms with van der Waals surface area (Å²) < 4.78 is 0. The number of hydrogen-bond acceptors (Lipinski definition) is 5. The van der Waals surface area contributed by atoms with Gasteiger partial charge in [0.25, 0.3) is 0 Å². The summed E-state index contributed by atoms with van der Waals surface area (Å²) in [6.07, 6.45) is 7.68. The highest BCUT2D eigenvalue weighted by atomic mass is 16.3. The maximum Gasteiger partial charge on any atom is 0.227 e. The van der Waals surface area contributed by atoms with Gasteiger partial charge in [0.05, 0.1) is 30.0 Å².